The fourth-order valence-electron chi connectivity index (χ4n) is 2.61. The third-order valence-electron chi connectivity index (χ3n) is 3.69. The molecule has 1 aromatic carbocycles. The van der Waals surface area contributed by atoms with Crippen molar-refractivity contribution in [1.82, 2.24) is 19.9 Å². The Labute approximate surface area is 124 Å². The summed E-state index contributed by atoms with van der Waals surface area (Å²) in [6.07, 6.45) is 2.00. The number of nitrogens with one attached hydrogen (secondary N) is 1. The van der Waals surface area contributed by atoms with Crippen LogP contribution in [-0.4, -0.2) is 14.6 Å². The number of benzene rings is 1. The predicted molar refractivity (Wildman–Crippen MR) is 83.8 cm³/mol. The lowest BCUT2D eigenvalue weighted by Gasteiger charge is -2.22. The molecule has 0 aliphatic carbocycles. The summed E-state index contributed by atoms with van der Waals surface area (Å²) in [4.78, 5) is 0. The van der Waals surface area contributed by atoms with Crippen molar-refractivity contribution < 1.29 is 0 Å². The van der Waals surface area contributed by atoms with Crippen LogP contribution in [-0.2, 0) is 6.54 Å². The predicted octanol–water partition coefficient (Wildman–Crippen LogP) is 3.22. The number of hydrogen-bond donors (Lipinski definition) is 1. The lowest BCUT2D eigenvalue weighted by molar-refractivity contribution is 0.405. The maximum absolute atomic E-state index is 4.27. The third-order valence-corrected chi connectivity index (χ3v) is 3.69. The third kappa shape index (κ3) is 2.95. The molecule has 21 heavy (non-hydrogen) atoms. The van der Waals surface area contributed by atoms with E-state index in [0.717, 1.165) is 11.5 Å². The van der Waals surface area contributed by atoms with E-state index in [0.29, 0.717) is 18.5 Å². The summed E-state index contributed by atoms with van der Waals surface area (Å²) in [5.41, 5.74) is 2.19. The Morgan fingerprint density at radius 3 is 2.52 bits per heavy atom. The molecule has 2 heterocycles. The van der Waals surface area contributed by atoms with Crippen molar-refractivity contribution >= 4 is 5.65 Å². The Kier molecular flexibility index (Phi) is 3.97. The Balaban J connectivity index is 1.79. The van der Waals surface area contributed by atoms with Crippen LogP contribution >= 0.6 is 0 Å². The minimum Gasteiger partial charge on any atom is -0.303 e. The first-order chi connectivity index (χ1) is 10.3. The second-order valence-corrected chi connectivity index (χ2v) is 5.56. The quantitative estimate of drug-likeness (QED) is 0.780. The van der Waals surface area contributed by atoms with Crippen molar-refractivity contribution in [3.05, 3.63) is 66.1 Å². The molecule has 0 unspecified atom stereocenters. The van der Waals surface area contributed by atoms with Crippen molar-refractivity contribution in [2.24, 2.45) is 5.92 Å². The summed E-state index contributed by atoms with van der Waals surface area (Å²) in [6, 6.07) is 16.8. The van der Waals surface area contributed by atoms with Gasteiger partial charge >= 0.3 is 0 Å². The lowest BCUT2D eigenvalue weighted by Crippen LogP contribution is -2.26. The maximum Gasteiger partial charge on any atom is 0.160 e. The number of fused-ring (bicyclic) bond motifs is 1. The van der Waals surface area contributed by atoms with Gasteiger partial charge in [-0.3, -0.25) is 4.40 Å². The zero-order valence-electron chi connectivity index (χ0n) is 12.4. The molecule has 0 spiro atoms. The summed E-state index contributed by atoms with van der Waals surface area (Å²) in [7, 11) is 0. The Morgan fingerprint density at radius 2 is 1.76 bits per heavy atom. The van der Waals surface area contributed by atoms with Gasteiger partial charge in [-0.25, -0.2) is 0 Å². The van der Waals surface area contributed by atoms with Gasteiger partial charge in [0.15, 0.2) is 11.5 Å². The molecular weight excluding hydrogens is 260 g/mol. The number of hydrogen-bond acceptors (Lipinski definition) is 3. The van der Waals surface area contributed by atoms with Crippen LogP contribution in [0.1, 0.15) is 31.3 Å². The molecule has 0 bridgehead atoms. The van der Waals surface area contributed by atoms with Crippen LogP contribution in [0.5, 0.6) is 0 Å². The topological polar surface area (TPSA) is 42.2 Å². The Bertz CT molecular complexity index is 703. The van der Waals surface area contributed by atoms with Gasteiger partial charge in [-0.15, -0.1) is 10.2 Å². The van der Waals surface area contributed by atoms with E-state index in [1.807, 2.05) is 34.9 Å². The van der Waals surface area contributed by atoms with Gasteiger partial charge in [0, 0.05) is 12.2 Å². The first-order valence-electron chi connectivity index (χ1n) is 7.32. The first kappa shape index (κ1) is 13.8. The lowest BCUT2D eigenvalue weighted by atomic mass is 9.96. The molecule has 0 saturated carbocycles. The molecule has 0 fully saturated rings. The Hall–Kier alpha value is -2.20. The second-order valence-electron chi connectivity index (χ2n) is 5.56. The van der Waals surface area contributed by atoms with Crippen LogP contribution in [0.15, 0.2) is 54.7 Å². The highest BCUT2D eigenvalue weighted by Crippen LogP contribution is 2.21. The van der Waals surface area contributed by atoms with Crippen LogP contribution in [0.25, 0.3) is 5.65 Å². The fraction of sp³-hybridized carbons (Fsp3) is 0.294. The summed E-state index contributed by atoms with van der Waals surface area (Å²) in [5.74, 6) is 1.44. The average Bonchev–Trinajstić information content (AvgIpc) is 2.92. The van der Waals surface area contributed by atoms with Gasteiger partial charge in [-0.2, -0.15) is 0 Å². The Morgan fingerprint density at radius 1 is 1.00 bits per heavy atom. The van der Waals surface area contributed by atoms with Crippen LogP contribution in [0.2, 0.25) is 0 Å². The van der Waals surface area contributed by atoms with E-state index >= 15 is 0 Å². The van der Waals surface area contributed by atoms with Gasteiger partial charge < -0.3 is 5.32 Å². The van der Waals surface area contributed by atoms with Crippen LogP contribution in [0, 0.1) is 5.92 Å². The SMILES string of the molecule is CC(C)[C@H](NCc1nnc2ccccn12)c1ccccc1. The molecule has 0 aliphatic rings. The molecule has 1 N–H and O–H groups in total. The molecule has 0 amide bonds. The van der Waals surface area contributed by atoms with Gasteiger partial charge in [0.1, 0.15) is 0 Å². The normalized spacial score (nSPS) is 12.9. The molecule has 0 saturated heterocycles. The average molecular weight is 280 g/mol. The molecule has 0 radical (unpaired) electrons. The number of pyridine rings is 1. The van der Waals surface area contributed by atoms with Crippen molar-refractivity contribution in [1.29, 1.82) is 0 Å². The number of rotatable bonds is 5. The van der Waals surface area contributed by atoms with E-state index in [1.165, 1.54) is 5.56 Å². The molecule has 1 atom stereocenters. The van der Waals surface area contributed by atoms with Crippen LogP contribution < -0.4 is 5.32 Å². The van der Waals surface area contributed by atoms with Gasteiger partial charge in [0.25, 0.3) is 0 Å². The van der Waals surface area contributed by atoms with Crippen LogP contribution in [0.3, 0.4) is 0 Å². The van der Waals surface area contributed by atoms with E-state index in [9.17, 15) is 0 Å². The van der Waals surface area contributed by atoms with E-state index in [2.05, 4.69) is 53.6 Å². The van der Waals surface area contributed by atoms with E-state index in [-0.39, 0.29) is 0 Å². The fourth-order valence-corrected chi connectivity index (χ4v) is 2.61. The monoisotopic (exact) mass is 280 g/mol. The maximum atomic E-state index is 4.27. The summed E-state index contributed by atoms with van der Waals surface area (Å²) in [6.45, 7) is 5.15. The molecule has 108 valence electrons. The number of nitrogens with zero attached hydrogens (tertiary/aromatic N) is 3. The van der Waals surface area contributed by atoms with Crippen molar-refractivity contribution in [3.8, 4) is 0 Å². The van der Waals surface area contributed by atoms with E-state index in [1.54, 1.807) is 0 Å². The molecule has 2 aromatic heterocycles. The molecule has 3 rings (SSSR count). The summed E-state index contributed by atoms with van der Waals surface area (Å²) >= 11 is 0. The van der Waals surface area contributed by atoms with Crippen molar-refractivity contribution in [3.63, 3.8) is 0 Å². The smallest absolute Gasteiger partial charge is 0.160 e. The molecule has 3 aromatic rings. The minimum atomic E-state index is 0.308. The van der Waals surface area contributed by atoms with Crippen LogP contribution in [0.4, 0.5) is 0 Å². The van der Waals surface area contributed by atoms with Crippen molar-refractivity contribution in [2.45, 2.75) is 26.4 Å². The molecule has 4 heteroatoms. The summed E-state index contributed by atoms with van der Waals surface area (Å²) < 4.78 is 2.02. The number of aromatic nitrogens is 3. The van der Waals surface area contributed by atoms with Gasteiger partial charge in [-0.05, 0) is 23.6 Å². The van der Waals surface area contributed by atoms with E-state index in [4.69, 9.17) is 0 Å². The highest BCUT2D eigenvalue weighted by Gasteiger charge is 2.16. The highest BCUT2D eigenvalue weighted by molar-refractivity contribution is 5.37. The zero-order valence-corrected chi connectivity index (χ0v) is 12.4. The first-order valence-corrected chi connectivity index (χ1v) is 7.32. The van der Waals surface area contributed by atoms with Gasteiger partial charge in [0.05, 0.1) is 6.54 Å². The molecule has 4 nitrogen and oxygen atoms in total. The van der Waals surface area contributed by atoms with Crippen molar-refractivity contribution in [2.75, 3.05) is 0 Å². The standard InChI is InChI=1S/C17H20N4/c1-13(2)17(14-8-4-3-5-9-14)18-12-16-20-19-15-10-6-7-11-21(15)16/h3-11,13,17-18H,12H2,1-2H3/t17-/m0/s1. The summed E-state index contributed by atoms with van der Waals surface area (Å²) in [5, 5.41) is 12.1. The molecule has 0 aliphatic heterocycles. The van der Waals surface area contributed by atoms with Gasteiger partial charge in [0.2, 0.25) is 0 Å². The second kappa shape index (κ2) is 6.06. The minimum absolute atomic E-state index is 0.308. The van der Waals surface area contributed by atoms with Gasteiger partial charge in [-0.1, -0.05) is 50.2 Å². The molecular formula is C17H20N4. The zero-order chi connectivity index (χ0) is 14.7. The highest BCUT2D eigenvalue weighted by atomic mass is 15.3. The largest absolute Gasteiger partial charge is 0.303 e. The van der Waals surface area contributed by atoms with E-state index < -0.39 is 0 Å².